The maximum atomic E-state index is 12.6. The summed E-state index contributed by atoms with van der Waals surface area (Å²) in [6, 6.07) is 28.8. The number of methoxy groups -OCH3 is 1. The maximum Gasteiger partial charge on any atom is 0.307 e. The summed E-state index contributed by atoms with van der Waals surface area (Å²) in [6.07, 6.45) is 1.51. The SMILES string of the molecule is COc1cc(/C=N/NC(=O)c2ccc(COc3ccc(-n4c(C)ccc4C)cc3)o2)c(Br)cc1OCc1ccccc1. The Morgan fingerprint density at radius 1 is 0.905 bits per heavy atom. The molecule has 9 heteroatoms. The van der Waals surface area contributed by atoms with Crippen LogP contribution in [-0.2, 0) is 13.2 Å². The lowest BCUT2D eigenvalue weighted by Crippen LogP contribution is -2.16. The van der Waals surface area contributed by atoms with Crippen molar-refractivity contribution < 1.29 is 23.4 Å². The fourth-order valence-electron chi connectivity index (χ4n) is 4.37. The number of nitrogens with one attached hydrogen (secondary N) is 1. The quantitative estimate of drug-likeness (QED) is 0.122. The Morgan fingerprint density at radius 3 is 2.36 bits per heavy atom. The van der Waals surface area contributed by atoms with E-state index >= 15 is 0 Å². The van der Waals surface area contributed by atoms with Crippen molar-refractivity contribution in [2.75, 3.05) is 7.11 Å². The van der Waals surface area contributed by atoms with Gasteiger partial charge in [-0.15, -0.1) is 0 Å². The molecular formula is C33H30BrN3O5. The zero-order valence-electron chi connectivity index (χ0n) is 23.5. The number of hydrogen-bond donors (Lipinski definition) is 1. The molecule has 5 aromatic rings. The van der Waals surface area contributed by atoms with Crippen molar-refractivity contribution in [3.63, 3.8) is 0 Å². The number of halogens is 1. The minimum Gasteiger partial charge on any atom is -0.493 e. The molecule has 2 aromatic heterocycles. The van der Waals surface area contributed by atoms with Gasteiger partial charge in [0.1, 0.15) is 24.7 Å². The number of aromatic nitrogens is 1. The van der Waals surface area contributed by atoms with E-state index in [4.69, 9.17) is 18.6 Å². The fraction of sp³-hybridized carbons (Fsp3) is 0.152. The maximum absolute atomic E-state index is 12.6. The molecule has 3 aromatic carbocycles. The van der Waals surface area contributed by atoms with E-state index in [-0.39, 0.29) is 12.4 Å². The van der Waals surface area contributed by atoms with Crippen LogP contribution in [0.15, 0.2) is 105 Å². The van der Waals surface area contributed by atoms with Gasteiger partial charge in [0, 0.05) is 27.1 Å². The molecule has 2 heterocycles. The van der Waals surface area contributed by atoms with E-state index in [0.717, 1.165) is 15.7 Å². The number of hydrazone groups is 1. The molecule has 0 aliphatic rings. The van der Waals surface area contributed by atoms with Crippen LogP contribution in [0.5, 0.6) is 17.2 Å². The van der Waals surface area contributed by atoms with Gasteiger partial charge in [-0.1, -0.05) is 30.3 Å². The van der Waals surface area contributed by atoms with Crippen molar-refractivity contribution in [3.8, 4) is 22.9 Å². The van der Waals surface area contributed by atoms with Crippen LogP contribution in [0.2, 0.25) is 0 Å². The average Bonchev–Trinajstić information content (AvgIpc) is 3.62. The van der Waals surface area contributed by atoms with Crippen molar-refractivity contribution in [1.82, 2.24) is 9.99 Å². The van der Waals surface area contributed by atoms with Crippen LogP contribution in [0.25, 0.3) is 5.69 Å². The van der Waals surface area contributed by atoms with Crippen LogP contribution in [0.1, 0.15) is 38.8 Å². The summed E-state index contributed by atoms with van der Waals surface area (Å²) in [5, 5.41) is 4.08. The van der Waals surface area contributed by atoms with Crippen LogP contribution in [0, 0.1) is 13.8 Å². The second-order valence-electron chi connectivity index (χ2n) is 9.50. The molecule has 1 N–H and O–H groups in total. The number of aryl methyl sites for hydroxylation is 2. The largest absolute Gasteiger partial charge is 0.493 e. The Hall–Kier alpha value is -4.76. The monoisotopic (exact) mass is 627 g/mol. The molecule has 0 radical (unpaired) electrons. The average molecular weight is 629 g/mol. The molecule has 0 fully saturated rings. The molecular weight excluding hydrogens is 598 g/mol. The molecule has 0 aliphatic heterocycles. The molecule has 0 saturated heterocycles. The molecule has 42 heavy (non-hydrogen) atoms. The lowest BCUT2D eigenvalue weighted by Gasteiger charge is -2.12. The Kier molecular flexibility index (Phi) is 9.08. The molecule has 0 unspecified atom stereocenters. The van der Waals surface area contributed by atoms with E-state index in [1.165, 1.54) is 17.6 Å². The lowest BCUT2D eigenvalue weighted by molar-refractivity contribution is 0.0923. The lowest BCUT2D eigenvalue weighted by atomic mass is 10.2. The second kappa shape index (κ2) is 13.3. The minimum absolute atomic E-state index is 0.126. The molecule has 0 atom stereocenters. The molecule has 0 saturated carbocycles. The van der Waals surface area contributed by atoms with Crippen LogP contribution in [0.4, 0.5) is 0 Å². The molecule has 0 aliphatic carbocycles. The third kappa shape index (κ3) is 6.92. The van der Waals surface area contributed by atoms with Gasteiger partial charge >= 0.3 is 5.91 Å². The Labute approximate surface area is 252 Å². The zero-order chi connectivity index (χ0) is 29.5. The number of hydrogen-bond acceptors (Lipinski definition) is 6. The first kappa shape index (κ1) is 28.8. The van der Waals surface area contributed by atoms with Gasteiger partial charge in [-0.3, -0.25) is 4.79 Å². The van der Waals surface area contributed by atoms with Crippen LogP contribution < -0.4 is 19.6 Å². The summed E-state index contributed by atoms with van der Waals surface area (Å²) < 4.78 is 25.9. The predicted octanol–water partition coefficient (Wildman–Crippen LogP) is 7.38. The second-order valence-corrected chi connectivity index (χ2v) is 10.4. The van der Waals surface area contributed by atoms with E-state index in [0.29, 0.717) is 35.2 Å². The first-order chi connectivity index (χ1) is 20.4. The van der Waals surface area contributed by atoms with Gasteiger partial charge in [0.2, 0.25) is 0 Å². The third-order valence-corrected chi connectivity index (χ3v) is 7.21. The van der Waals surface area contributed by atoms with Crippen LogP contribution >= 0.6 is 15.9 Å². The summed E-state index contributed by atoms with van der Waals surface area (Å²) in [5.41, 5.74) is 7.63. The van der Waals surface area contributed by atoms with Crippen LogP contribution in [-0.4, -0.2) is 23.8 Å². The van der Waals surface area contributed by atoms with E-state index in [9.17, 15) is 4.79 Å². The summed E-state index contributed by atoms with van der Waals surface area (Å²) in [7, 11) is 1.57. The highest BCUT2D eigenvalue weighted by atomic mass is 79.9. The number of ether oxygens (including phenoxy) is 3. The number of amides is 1. The number of nitrogens with zero attached hydrogens (tertiary/aromatic N) is 2. The van der Waals surface area contributed by atoms with Gasteiger partial charge in [0.15, 0.2) is 17.3 Å². The fourth-order valence-corrected chi connectivity index (χ4v) is 4.80. The Bertz CT molecular complexity index is 1670. The van der Waals surface area contributed by atoms with E-state index in [1.807, 2.05) is 54.6 Å². The number of carbonyl (C=O) groups excluding carboxylic acids is 1. The highest BCUT2D eigenvalue weighted by Gasteiger charge is 2.13. The Morgan fingerprint density at radius 2 is 1.64 bits per heavy atom. The summed E-state index contributed by atoms with van der Waals surface area (Å²) in [4.78, 5) is 12.6. The minimum atomic E-state index is -0.481. The summed E-state index contributed by atoms with van der Waals surface area (Å²) in [6.45, 7) is 4.74. The van der Waals surface area contributed by atoms with Crippen LogP contribution in [0.3, 0.4) is 0 Å². The van der Waals surface area contributed by atoms with Crippen molar-refractivity contribution in [1.29, 1.82) is 0 Å². The topological polar surface area (TPSA) is 87.2 Å². The smallest absolute Gasteiger partial charge is 0.307 e. The number of furan rings is 1. The summed E-state index contributed by atoms with van der Waals surface area (Å²) >= 11 is 3.54. The van der Waals surface area contributed by atoms with E-state index in [1.54, 1.807) is 31.4 Å². The van der Waals surface area contributed by atoms with Gasteiger partial charge in [-0.05, 0) is 96.0 Å². The normalized spacial score (nSPS) is 11.0. The molecule has 214 valence electrons. The van der Waals surface area contributed by atoms with Gasteiger partial charge in [-0.25, -0.2) is 5.43 Å². The van der Waals surface area contributed by atoms with E-state index < -0.39 is 5.91 Å². The molecule has 8 nitrogen and oxygen atoms in total. The number of benzene rings is 3. The van der Waals surface area contributed by atoms with E-state index in [2.05, 4.69) is 57.0 Å². The first-order valence-electron chi connectivity index (χ1n) is 13.3. The van der Waals surface area contributed by atoms with Gasteiger partial charge in [0.05, 0.1) is 13.3 Å². The first-order valence-corrected chi connectivity index (χ1v) is 14.0. The van der Waals surface area contributed by atoms with Crippen molar-refractivity contribution >= 4 is 28.1 Å². The Balaban J connectivity index is 1.15. The third-order valence-electron chi connectivity index (χ3n) is 6.52. The standard InChI is InChI=1S/C33H30BrN3O5/c1-22-9-10-23(2)37(22)26-11-13-27(14-12-26)40-21-28-15-16-30(42-28)33(38)36-35-19-25-17-31(39-3)32(18-29(25)34)41-20-24-7-5-4-6-8-24/h4-19H,20-21H2,1-3H3,(H,36,38)/b35-19+. The van der Waals surface area contributed by atoms with Crippen molar-refractivity contribution in [2.24, 2.45) is 5.10 Å². The molecule has 0 bridgehead atoms. The zero-order valence-corrected chi connectivity index (χ0v) is 25.1. The van der Waals surface area contributed by atoms with Gasteiger partial charge < -0.3 is 23.2 Å². The molecule has 5 rings (SSSR count). The highest BCUT2D eigenvalue weighted by Crippen LogP contribution is 2.33. The summed E-state index contributed by atoms with van der Waals surface area (Å²) in [5.74, 6) is 1.99. The van der Waals surface area contributed by atoms with Gasteiger partial charge in [-0.2, -0.15) is 5.10 Å². The number of carbonyl (C=O) groups is 1. The predicted molar refractivity (Wildman–Crippen MR) is 165 cm³/mol. The molecule has 1 amide bonds. The number of rotatable bonds is 11. The van der Waals surface area contributed by atoms with Crippen molar-refractivity contribution in [2.45, 2.75) is 27.1 Å². The van der Waals surface area contributed by atoms with Gasteiger partial charge in [0.25, 0.3) is 0 Å². The highest BCUT2D eigenvalue weighted by molar-refractivity contribution is 9.10. The van der Waals surface area contributed by atoms with Crippen molar-refractivity contribution in [3.05, 3.63) is 130 Å². The molecule has 0 spiro atoms.